The smallest absolute Gasteiger partial charge is 0.352 e. The summed E-state index contributed by atoms with van der Waals surface area (Å²) in [6, 6.07) is 12.9. The average molecular weight is 331 g/mol. The van der Waals surface area contributed by atoms with Crippen molar-refractivity contribution in [2.75, 3.05) is 0 Å². The second-order valence-corrected chi connectivity index (χ2v) is 5.45. The van der Waals surface area contributed by atoms with Crippen LogP contribution in [-0.2, 0) is 6.54 Å². The van der Waals surface area contributed by atoms with E-state index in [9.17, 15) is 20.0 Å². The van der Waals surface area contributed by atoms with Crippen LogP contribution < -0.4 is 0 Å². The molecule has 23 heavy (non-hydrogen) atoms. The van der Waals surface area contributed by atoms with Gasteiger partial charge in [0.2, 0.25) is 0 Å². The zero-order valence-corrected chi connectivity index (χ0v) is 12.5. The van der Waals surface area contributed by atoms with Crippen LogP contribution in [0.1, 0.15) is 16.1 Å². The van der Waals surface area contributed by atoms with Crippen LogP contribution in [0, 0.1) is 10.1 Å². The van der Waals surface area contributed by atoms with Gasteiger partial charge in [-0.3, -0.25) is 10.1 Å². The molecule has 0 atom stereocenters. The normalized spacial score (nSPS) is 10.8. The molecule has 2 aromatic carbocycles. The minimum atomic E-state index is -1.14. The topological polar surface area (TPSA) is 85.4 Å². The molecule has 7 heteroatoms. The van der Waals surface area contributed by atoms with Gasteiger partial charge < -0.3 is 9.67 Å². The number of hydrogen-bond acceptors (Lipinski definition) is 3. The number of nitro benzene ring substituents is 1. The van der Waals surface area contributed by atoms with Crippen LogP contribution in [0.3, 0.4) is 0 Å². The Morgan fingerprint density at radius 2 is 1.96 bits per heavy atom. The van der Waals surface area contributed by atoms with Gasteiger partial charge >= 0.3 is 5.97 Å². The lowest BCUT2D eigenvalue weighted by Crippen LogP contribution is -2.09. The van der Waals surface area contributed by atoms with Gasteiger partial charge in [0.25, 0.3) is 5.69 Å². The van der Waals surface area contributed by atoms with Gasteiger partial charge in [-0.25, -0.2) is 4.79 Å². The molecule has 0 aliphatic heterocycles. The molecule has 0 aliphatic rings. The number of carbonyl (C=O) groups is 1. The highest BCUT2D eigenvalue weighted by Gasteiger charge is 2.21. The van der Waals surface area contributed by atoms with Crippen molar-refractivity contribution in [2.45, 2.75) is 6.54 Å². The van der Waals surface area contributed by atoms with Crippen LogP contribution in [0.25, 0.3) is 10.9 Å². The van der Waals surface area contributed by atoms with Crippen molar-refractivity contribution in [1.82, 2.24) is 4.57 Å². The van der Waals surface area contributed by atoms with Crippen molar-refractivity contribution in [3.63, 3.8) is 0 Å². The number of halogens is 1. The molecule has 0 bridgehead atoms. The first kappa shape index (κ1) is 15.1. The number of fused-ring (bicyclic) bond motifs is 1. The van der Waals surface area contributed by atoms with E-state index in [1.165, 1.54) is 16.7 Å². The van der Waals surface area contributed by atoms with E-state index in [1.54, 1.807) is 30.3 Å². The molecule has 0 aliphatic carbocycles. The maximum absolute atomic E-state index is 11.5. The van der Waals surface area contributed by atoms with Gasteiger partial charge in [-0.05, 0) is 29.8 Å². The fourth-order valence-electron chi connectivity index (χ4n) is 2.59. The highest BCUT2D eigenvalue weighted by atomic mass is 35.5. The maximum atomic E-state index is 11.5. The number of hydrogen-bond donors (Lipinski definition) is 1. The van der Waals surface area contributed by atoms with Crippen LogP contribution in [0.4, 0.5) is 5.69 Å². The third-order valence-corrected chi connectivity index (χ3v) is 3.80. The van der Waals surface area contributed by atoms with Gasteiger partial charge in [0.05, 0.1) is 15.8 Å². The Hall–Kier alpha value is -2.86. The monoisotopic (exact) mass is 330 g/mol. The highest BCUT2D eigenvalue weighted by Crippen LogP contribution is 2.29. The summed E-state index contributed by atoms with van der Waals surface area (Å²) in [5, 5.41) is 21.4. The molecule has 116 valence electrons. The minimum absolute atomic E-state index is 0.00530. The van der Waals surface area contributed by atoms with Gasteiger partial charge in [-0.15, -0.1) is 0 Å². The van der Waals surface area contributed by atoms with Gasteiger partial charge in [0.15, 0.2) is 0 Å². The van der Waals surface area contributed by atoms with E-state index in [4.69, 9.17) is 11.6 Å². The van der Waals surface area contributed by atoms with E-state index in [0.717, 1.165) is 5.56 Å². The van der Waals surface area contributed by atoms with Crippen molar-refractivity contribution in [3.8, 4) is 0 Å². The quantitative estimate of drug-likeness (QED) is 0.579. The number of benzene rings is 2. The Kier molecular flexibility index (Phi) is 3.75. The van der Waals surface area contributed by atoms with Gasteiger partial charge in [0.1, 0.15) is 5.69 Å². The van der Waals surface area contributed by atoms with Gasteiger partial charge in [0, 0.05) is 17.6 Å². The summed E-state index contributed by atoms with van der Waals surface area (Å²) in [5.74, 6) is -1.14. The number of rotatable bonds is 4. The van der Waals surface area contributed by atoms with Gasteiger partial charge in [-0.1, -0.05) is 29.8 Å². The molecule has 3 rings (SSSR count). The van der Waals surface area contributed by atoms with Crippen LogP contribution in [-0.4, -0.2) is 20.6 Å². The summed E-state index contributed by atoms with van der Waals surface area (Å²) in [4.78, 5) is 22.1. The number of non-ortho nitro benzene ring substituents is 1. The summed E-state index contributed by atoms with van der Waals surface area (Å²) in [5.41, 5.74) is 1.18. The van der Waals surface area contributed by atoms with E-state index < -0.39 is 10.9 Å². The number of aromatic carboxylic acids is 1. The van der Waals surface area contributed by atoms with Crippen LogP contribution in [0.5, 0.6) is 0 Å². The molecule has 0 spiro atoms. The first-order chi connectivity index (χ1) is 11.0. The highest BCUT2D eigenvalue weighted by molar-refractivity contribution is 6.30. The lowest BCUT2D eigenvalue weighted by Gasteiger charge is -2.09. The zero-order chi connectivity index (χ0) is 16.6. The number of nitrogens with zero attached hydrogens (tertiary/aromatic N) is 2. The van der Waals surface area contributed by atoms with E-state index in [-0.39, 0.29) is 17.9 Å². The lowest BCUT2D eigenvalue weighted by atomic mass is 10.2. The fraction of sp³-hybridized carbons (Fsp3) is 0.0625. The number of nitro groups is 1. The van der Waals surface area contributed by atoms with E-state index >= 15 is 0 Å². The molecule has 1 heterocycles. The van der Waals surface area contributed by atoms with E-state index in [0.29, 0.717) is 15.9 Å². The maximum Gasteiger partial charge on any atom is 0.352 e. The van der Waals surface area contributed by atoms with Gasteiger partial charge in [-0.2, -0.15) is 0 Å². The zero-order valence-electron chi connectivity index (χ0n) is 11.8. The molecule has 6 nitrogen and oxygen atoms in total. The van der Waals surface area contributed by atoms with Crippen molar-refractivity contribution in [2.24, 2.45) is 0 Å². The molecule has 0 unspecified atom stereocenters. The Morgan fingerprint density at radius 3 is 2.61 bits per heavy atom. The molecule has 0 saturated carbocycles. The molecule has 0 saturated heterocycles. The Bertz CT molecular complexity index is 933. The predicted octanol–water partition coefficient (Wildman–Crippen LogP) is 3.95. The molecular formula is C16H11ClN2O4. The average Bonchev–Trinajstić information content (AvgIpc) is 2.86. The lowest BCUT2D eigenvalue weighted by molar-refractivity contribution is -0.383. The van der Waals surface area contributed by atoms with Crippen molar-refractivity contribution in [3.05, 3.63) is 74.9 Å². The van der Waals surface area contributed by atoms with E-state index in [1.807, 2.05) is 6.07 Å². The van der Waals surface area contributed by atoms with Crippen LogP contribution in [0.15, 0.2) is 48.5 Å². The Labute approximate surface area is 135 Å². The third-order valence-electron chi connectivity index (χ3n) is 3.57. The Morgan fingerprint density at radius 1 is 1.22 bits per heavy atom. The van der Waals surface area contributed by atoms with Crippen molar-refractivity contribution >= 4 is 34.2 Å². The minimum Gasteiger partial charge on any atom is -0.477 e. The first-order valence-electron chi connectivity index (χ1n) is 6.72. The summed E-state index contributed by atoms with van der Waals surface area (Å²) < 4.78 is 1.54. The molecule has 0 radical (unpaired) electrons. The third kappa shape index (κ3) is 2.76. The second kappa shape index (κ2) is 5.73. The first-order valence-corrected chi connectivity index (χ1v) is 7.09. The number of carboxylic acids is 1. The SMILES string of the molecule is O=C(O)c1cc2c([N+](=O)[O-])cccc2n1Cc1cccc(Cl)c1. The molecular weight excluding hydrogens is 320 g/mol. The fourth-order valence-corrected chi connectivity index (χ4v) is 2.81. The Balaban J connectivity index is 2.22. The molecule has 3 aromatic rings. The molecule has 0 fully saturated rings. The van der Waals surface area contributed by atoms with Crippen LogP contribution >= 0.6 is 11.6 Å². The van der Waals surface area contributed by atoms with Crippen molar-refractivity contribution in [1.29, 1.82) is 0 Å². The largest absolute Gasteiger partial charge is 0.477 e. The number of aromatic nitrogens is 1. The van der Waals surface area contributed by atoms with Crippen molar-refractivity contribution < 1.29 is 14.8 Å². The number of carboxylic acid groups (broad SMARTS) is 1. The van der Waals surface area contributed by atoms with Crippen LogP contribution in [0.2, 0.25) is 5.02 Å². The summed E-state index contributed by atoms with van der Waals surface area (Å²) >= 11 is 5.96. The second-order valence-electron chi connectivity index (χ2n) is 5.02. The molecule has 1 N–H and O–H groups in total. The summed E-state index contributed by atoms with van der Waals surface area (Å²) in [6.45, 7) is 0.257. The summed E-state index contributed by atoms with van der Waals surface area (Å²) in [7, 11) is 0. The standard InChI is InChI=1S/C16H11ClN2O4/c17-11-4-1-3-10(7-11)9-18-13-5-2-6-14(19(22)23)12(13)8-15(18)16(20)21/h1-8H,9H2,(H,20,21). The molecule has 0 amide bonds. The molecule has 1 aromatic heterocycles. The predicted molar refractivity (Wildman–Crippen MR) is 86.1 cm³/mol. The summed E-state index contributed by atoms with van der Waals surface area (Å²) in [6.07, 6.45) is 0. The van der Waals surface area contributed by atoms with E-state index in [2.05, 4.69) is 0 Å².